The summed E-state index contributed by atoms with van der Waals surface area (Å²) in [5.41, 5.74) is 0.716. The normalized spacial score (nSPS) is 12.7. The van der Waals surface area contributed by atoms with Crippen molar-refractivity contribution >= 4 is 10.0 Å². The molecule has 0 aliphatic carbocycles. The van der Waals surface area contributed by atoms with Crippen molar-refractivity contribution in [2.75, 3.05) is 14.2 Å². The van der Waals surface area contributed by atoms with E-state index in [9.17, 15) is 12.8 Å². The summed E-state index contributed by atoms with van der Waals surface area (Å²) in [6, 6.07) is 9.32. The van der Waals surface area contributed by atoms with Gasteiger partial charge in [0, 0.05) is 6.04 Å². The number of benzene rings is 2. The molecule has 0 heterocycles. The highest BCUT2D eigenvalue weighted by Crippen LogP contribution is 2.30. The van der Waals surface area contributed by atoms with Gasteiger partial charge >= 0.3 is 0 Å². The lowest BCUT2D eigenvalue weighted by atomic mass is 10.1. The molecular weight excluding hydrogens is 321 g/mol. The number of sulfonamides is 1. The molecule has 5 nitrogen and oxygen atoms in total. The van der Waals surface area contributed by atoms with Crippen LogP contribution < -0.4 is 14.2 Å². The second-order valence-corrected chi connectivity index (χ2v) is 6.63. The Bertz CT molecular complexity index is 775. The van der Waals surface area contributed by atoms with E-state index in [1.165, 1.54) is 26.4 Å². The third-order valence-electron chi connectivity index (χ3n) is 3.36. The first-order valence-corrected chi connectivity index (χ1v) is 8.35. The number of hydrogen-bond donors (Lipinski definition) is 1. The lowest BCUT2D eigenvalue weighted by Crippen LogP contribution is -2.26. The smallest absolute Gasteiger partial charge is 0.241 e. The van der Waals surface area contributed by atoms with E-state index in [1.54, 1.807) is 25.1 Å². The van der Waals surface area contributed by atoms with Crippen LogP contribution in [0.4, 0.5) is 4.39 Å². The molecule has 2 aromatic rings. The molecule has 0 aromatic heterocycles. The van der Waals surface area contributed by atoms with Crippen molar-refractivity contribution in [3.05, 3.63) is 53.8 Å². The number of hydrogen-bond acceptors (Lipinski definition) is 4. The summed E-state index contributed by atoms with van der Waals surface area (Å²) < 4.78 is 50.5. The van der Waals surface area contributed by atoms with Crippen LogP contribution in [0, 0.1) is 5.82 Å². The Balaban J connectivity index is 2.24. The van der Waals surface area contributed by atoms with E-state index in [0.29, 0.717) is 17.1 Å². The van der Waals surface area contributed by atoms with Crippen molar-refractivity contribution in [2.24, 2.45) is 0 Å². The van der Waals surface area contributed by atoms with Gasteiger partial charge in [0.05, 0.1) is 19.1 Å². The fourth-order valence-electron chi connectivity index (χ4n) is 2.10. The van der Waals surface area contributed by atoms with Crippen molar-refractivity contribution < 1.29 is 22.3 Å². The molecule has 2 rings (SSSR count). The van der Waals surface area contributed by atoms with Gasteiger partial charge in [0.2, 0.25) is 10.0 Å². The average molecular weight is 339 g/mol. The third-order valence-corrected chi connectivity index (χ3v) is 4.92. The van der Waals surface area contributed by atoms with Gasteiger partial charge in [0.15, 0.2) is 11.5 Å². The van der Waals surface area contributed by atoms with E-state index in [2.05, 4.69) is 4.72 Å². The van der Waals surface area contributed by atoms with Gasteiger partial charge in [-0.3, -0.25) is 0 Å². The van der Waals surface area contributed by atoms with Crippen molar-refractivity contribution in [3.8, 4) is 11.5 Å². The SMILES string of the molecule is COc1ccc([C@@H](C)NS(=O)(=O)c2ccc(F)cc2)cc1OC. The minimum atomic E-state index is -3.75. The maximum Gasteiger partial charge on any atom is 0.241 e. The zero-order chi connectivity index (χ0) is 17.0. The van der Waals surface area contributed by atoms with Crippen LogP contribution in [-0.4, -0.2) is 22.6 Å². The fourth-order valence-corrected chi connectivity index (χ4v) is 3.34. The second-order valence-electron chi connectivity index (χ2n) is 4.91. The lowest BCUT2D eigenvalue weighted by Gasteiger charge is -2.16. The molecule has 0 bridgehead atoms. The molecule has 1 N–H and O–H groups in total. The van der Waals surface area contributed by atoms with Gasteiger partial charge in [0.1, 0.15) is 5.82 Å². The van der Waals surface area contributed by atoms with Gasteiger partial charge < -0.3 is 9.47 Å². The van der Waals surface area contributed by atoms with Gasteiger partial charge in [-0.2, -0.15) is 0 Å². The quantitative estimate of drug-likeness (QED) is 0.879. The molecule has 0 radical (unpaired) electrons. The third kappa shape index (κ3) is 4.00. The molecule has 124 valence electrons. The molecular formula is C16H18FNO4S. The van der Waals surface area contributed by atoms with E-state index in [-0.39, 0.29) is 4.90 Å². The molecule has 0 unspecified atom stereocenters. The highest BCUT2D eigenvalue weighted by molar-refractivity contribution is 7.89. The monoisotopic (exact) mass is 339 g/mol. The van der Waals surface area contributed by atoms with E-state index < -0.39 is 21.9 Å². The zero-order valence-corrected chi connectivity index (χ0v) is 13.9. The molecule has 0 spiro atoms. The van der Waals surface area contributed by atoms with Crippen LogP contribution in [0.25, 0.3) is 0 Å². The van der Waals surface area contributed by atoms with Gasteiger partial charge in [-0.1, -0.05) is 6.07 Å². The molecule has 23 heavy (non-hydrogen) atoms. The predicted octanol–water partition coefficient (Wildman–Crippen LogP) is 2.88. The van der Waals surface area contributed by atoms with Crippen molar-refractivity contribution in [1.82, 2.24) is 4.72 Å². The van der Waals surface area contributed by atoms with Crippen LogP contribution >= 0.6 is 0 Å². The number of halogens is 1. The van der Waals surface area contributed by atoms with Crippen molar-refractivity contribution in [2.45, 2.75) is 17.9 Å². The first kappa shape index (κ1) is 17.2. The minimum Gasteiger partial charge on any atom is -0.493 e. The largest absolute Gasteiger partial charge is 0.493 e. The van der Waals surface area contributed by atoms with Gasteiger partial charge in [-0.15, -0.1) is 0 Å². The summed E-state index contributed by atoms with van der Waals surface area (Å²) in [5.74, 6) is 0.583. The summed E-state index contributed by atoms with van der Waals surface area (Å²) >= 11 is 0. The second kappa shape index (κ2) is 6.97. The number of methoxy groups -OCH3 is 2. The highest BCUT2D eigenvalue weighted by Gasteiger charge is 2.19. The van der Waals surface area contributed by atoms with Crippen LogP contribution in [0.3, 0.4) is 0 Å². The topological polar surface area (TPSA) is 64.6 Å². The Labute approximate surface area is 135 Å². The first-order chi connectivity index (χ1) is 10.9. The predicted molar refractivity (Wildman–Crippen MR) is 84.7 cm³/mol. The highest BCUT2D eigenvalue weighted by atomic mass is 32.2. The van der Waals surface area contributed by atoms with E-state index in [1.807, 2.05) is 0 Å². The molecule has 0 saturated heterocycles. The standard InChI is InChI=1S/C16H18FNO4S/c1-11(12-4-9-15(21-2)16(10-12)22-3)18-23(19,20)14-7-5-13(17)6-8-14/h4-11,18H,1-3H3/t11-/m1/s1. The van der Waals surface area contributed by atoms with Gasteiger partial charge in [0.25, 0.3) is 0 Å². The van der Waals surface area contributed by atoms with Crippen LogP contribution in [0.2, 0.25) is 0 Å². The summed E-state index contributed by atoms with van der Waals surface area (Å²) in [7, 11) is -0.714. The Morgan fingerprint density at radius 1 is 1.00 bits per heavy atom. The van der Waals surface area contributed by atoms with E-state index >= 15 is 0 Å². The molecule has 1 atom stereocenters. The summed E-state index contributed by atoms with van der Waals surface area (Å²) in [6.07, 6.45) is 0. The number of rotatable bonds is 6. The molecule has 0 aliphatic heterocycles. The van der Waals surface area contributed by atoms with Crippen LogP contribution in [-0.2, 0) is 10.0 Å². The average Bonchev–Trinajstić information content (AvgIpc) is 2.54. The molecule has 0 aliphatic rings. The molecule has 0 fully saturated rings. The minimum absolute atomic E-state index is 0.00577. The van der Waals surface area contributed by atoms with E-state index in [4.69, 9.17) is 9.47 Å². The fraction of sp³-hybridized carbons (Fsp3) is 0.250. The molecule has 0 saturated carbocycles. The Hall–Kier alpha value is -2.12. The number of nitrogens with one attached hydrogen (secondary N) is 1. The van der Waals surface area contributed by atoms with Gasteiger partial charge in [-0.05, 0) is 48.9 Å². The molecule has 0 amide bonds. The van der Waals surface area contributed by atoms with Gasteiger partial charge in [-0.25, -0.2) is 17.5 Å². The Kier molecular flexibility index (Phi) is 5.23. The molecule has 7 heteroatoms. The zero-order valence-electron chi connectivity index (χ0n) is 13.0. The molecule has 2 aromatic carbocycles. The summed E-state index contributed by atoms with van der Waals surface area (Å²) in [4.78, 5) is 0.00577. The Morgan fingerprint density at radius 3 is 2.17 bits per heavy atom. The van der Waals surface area contributed by atoms with Crippen LogP contribution in [0.5, 0.6) is 11.5 Å². The van der Waals surface area contributed by atoms with Crippen LogP contribution in [0.15, 0.2) is 47.4 Å². The Morgan fingerprint density at radius 2 is 1.61 bits per heavy atom. The maximum atomic E-state index is 12.9. The summed E-state index contributed by atoms with van der Waals surface area (Å²) in [6.45, 7) is 1.71. The van der Waals surface area contributed by atoms with Crippen LogP contribution in [0.1, 0.15) is 18.5 Å². The van der Waals surface area contributed by atoms with Crippen molar-refractivity contribution in [3.63, 3.8) is 0 Å². The number of ether oxygens (including phenoxy) is 2. The van der Waals surface area contributed by atoms with Crippen molar-refractivity contribution in [1.29, 1.82) is 0 Å². The first-order valence-electron chi connectivity index (χ1n) is 6.87. The lowest BCUT2D eigenvalue weighted by molar-refractivity contribution is 0.354. The van der Waals surface area contributed by atoms with E-state index in [0.717, 1.165) is 12.1 Å². The maximum absolute atomic E-state index is 12.9. The summed E-state index contributed by atoms with van der Waals surface area (Å²) in [5, 5.41) is 0.